The molecule has 1 rings (SSSR count). The van der Waals surface area contributed by atoms with Crippen LogP contribution in [-0.2, 0) is 17.6 Å². The van der Waals surface area contributed by atoms with Gasteiger partial charge < -0.3 is 4.74 Å². The summed E-state index contributed by atoms with van der Waals surface area (Å²) >= 11 is 0. The predicted octanol–water partition coefficient (Wildman–Crippen LogP) is 1.23. The number of hydrogen-bond acceptors (Lipinski definition) is 3. The van der Waals surface area contributed by atoms with Crippen LogP contribution in [0.15, 0.2) is 12.3 Å². The average molecular weight is 166 g/mol. The zero-order chi connectivity index (χ0) is 8.81. The molecule has 0 spiro atoms. The number of rotatable bonds is 4. The Balaban J connectivity index is 2.60. The van der Waals surface area contributed by atoms with Gasteiger partial charge in [-0.3, -0.25) is 0 Å². The molecule has 0 aliphatic heterocycles. The summed E-state index contributed by atoms with van der Waals surface area (Å²) < 4.78 is 4.94. The van der Waals surface area contributed by atoms with E-state index in [-0.39, 0.29) is 0 Å². The summed E-state index contributed by atoms with van der Waals surface area (Å²) in [5.41, 5.74) is 1.09. The highest BCUT2D eigenvalue weighted by molar-refractivity contribution is 5.01. The molecule has 0 aliphatic rings. The van der Waals surface area contributed by atoms with E-state index in [0.29, 0.717) is 6.61 Å². The smallest absolute Gasteiger partial charge is 0.130 e. The third-order valence-corrected chi connectivity index (χ3v) is 1.66. The van der Waals surface area contributed by atoms with E-state index in [1.165, 1.54) is 0 Å². The van der Waals surface area contributed by atoms with E-state index in [2.05, 4.69) is 16.9 Å². The van der Waals surface area contributed by atoms with Crippen molar-refractivity contribution in [1.82, 2.24) is 9.97 Å². The van der Waals surface area contributed by atoms with Crippen LogP contribution in [0.3, 0.4) is 0 Å². The molecule has 0 amide bonds. The number of aromatic nitrogens is 2. The maximum atomic E-state index is 4.94. The summed E-state index contributed by atoms with van der Waals surface area (Å²) in [6.45, 7) is 2.77. The number of ether oxygens (including phenoxy) is 1. The lowest BCUT2D eigenvalue weighted by Gasteiger charge is -2.00. The van der Waals surface area contributed by atoms with Crippen molar-refractivity contribution in [1.29, 1.82) is 0 Å². The van der Waals surface area contributed by atoms with E-state index in [0.717, 1.165) is 24.4 Å². The van der Waals surface area contributed by atoms with Gasteiger partial charge in [-0.05, 0) is 12.5 Å². The molecule has 0 aromatic carbocycles. The monoisotopic (exact) mass is 166 g/mol. The second kappa shape index (κ2) is 4.83. The molecule has 3 nitrogen and oxygen atoms in total. The lowest BCUT2D eigenvalue weighted by atomic mass is 10.3. The first kappa shape index (κ1) is 9.13. The van der Waals surface area contributed by atoms with Gasteiger partial charge in [0.15, 0.2) is 0 Å². The van der Waals surface area contributed by atoms with Crippen molar-refractivity contribution >= 4 is 0 Å². The lowest BCUT2D eigenvalue weighted by molar-refractivity contribution is 0.200. The SMILES string of the molecule is CCc1ccnc(CCOC)n1. The van der Waals surface area contributed by atoms with Gasteiger partial charge in [0.2, 0.25) is 0 Å². The predicted molar refractivity (Wildman–Crippen MR) is 47.0 cm³/mol. The normalized spacial score (nSPS) is 10.2. The van der Waals surface area contributed by atoms with Crippen molar-refractivity contribution in [2.24, 2.45) is 0 Å². The van der Waals surface area contributed by atoms with Gasteiger partial charge in [0.1, 0.15) is 5.82 Å². The van der Waals surface area contributed by atoms with Gasteiger partial charge in [0, 0.05) is 25.4 Å². The van der Waals surface area contributed by atoms with Crippen molar-refractivity contribution in [2.75, 3.05) is 13.7 Å². The van der Waals surface area contributed by atoms with Crippen LogP contribution in [-0.4, -0.2) is 23.7 Å². The highest BCUT2D eigenvalue weighted by Gasteiger charge is 1.96. The Hall–Kier alpha value is -0.960. The molecule has 1 aromatic heterocycles. The van der Waals surface area contributed by atoms with E-state index >= 15 is 0 Å². The molecule has 12 heavy (non-hydrogen) atoms. The maximum Gasteiger partial charge on any atom is 0.130 e. The third-order valence-electron chi connectivity index (χ3n) is 1.66. The van der Waals surface area contributed by atoms with Gasteiger partial charge in [-0.25, -0.2) is 9.97 Å². The number of hydrogen-bond donors (Lipinski definition) is 0. The van der Waals surface area contributed by atoms with E-state index in [9.17, 15) is 0 Å². The molecule has 0 saturated heterocycles. The van der Waals surface area contributed by atoms with Crippen LogP contribution >= 0.6 is 0 Å². The topological polar surface area (TPSA) is 35.0 Å². The van der Waals surface area contributed by atoms with Crippen LogP contribution in [0.25, 0.3) is 0 Å². The van der Waals surface area contributed by atoms with Crippen LogP contribution in [0, 0.1) is 0 Å². The Morgan fingerprint density at radius 1 is 1.50 bits per heavy atom. The first-order valence-electron chi connectivity index (χ1n) is 4.16. The number of nitrogens with zero attached hydrogens (tertiary/aromatic N) is 2. The third kappa shape index (κ3) is 2.58. The van der Waals surface area contributed by atoms with E-state index in [1.807, 2.05) is 6.07 Å². The fraction of sp³-hybridized carbons (Fsp3) is 0.556. The van der Waals surface area contributed by atoms with E-state index < -0.39 is 0 Å². The fourth-order valence-corrected chi connectivity index (χ4v) is 0.952. The zero-order valence-corrected chi connectivity index (χ0v) is 7.58. The second-order valence-electron chi connectivity index (χ2n) is 2.56. The van der Waals surface area contributed by atoms with Gasteiger partial charge in [-0.15, -0.1) is 0 Å². The summed E-state index contributed by atoms with van der Waals surface area (Å²) in [7, 11) is 1.68. The van der Waals surface area contributed by atoms with Crippen molar-refractivity contribution in [3.05, 3.63) is 23.8 Å². The molecule has 0 atom stereocenters. The summed E-state index contributed by atoms with van der Waals surface area (Å²) in [5, 5.41) is 0. The molecular weight excluding hydrogens is 152 g/mol. The molecule has 0 radical (unpaired) electrons. The average Bonchev–Trinajstić information content (AvgIpc) is 2.15. The Kier molecular flexibility index (Phi) is 3.67. The summed E-state index contributed by atoms with van der Waals surface area (Å²) in [6, 6.07) is 1.94. The van der Waals surface area contributed by atoms with Crippen molar-refractivity contribution in [3.8, 4) is 0 Å². The van der Waals surface area contributed by atoms with Crippen LogP contribution < -0.4 is 0 Å². The van der Waals surface area contributed by atoms with Crippen molar-refractivity contribution in [2.45, 2.75) is 19.8 Å². The number of methoxy groups -OCH3 is 1. The van der Waals surface area contributed by atoms with Gasteiger partial charge in [-0.1, -0.05) is 6.92 Å². The van der Waals surface area contributed by atoms with Gasteiger partial charge in [0.25, 0.3) is 0 Å². The summed E-state index contributed by atoms with van der Waals surface area (Å²) in [4.78, 5) is 8.47. The molecule has 0 bridgehead atoms. The van der Waals surface area contributed by atoms with Crippen LogP contribution in [0.1, 0.15) is 18.4 Å². The summed E-state index contributed by atoms with van der Waals surface area (Å²) in [6.07, 6.45) is 3.56. The maximum absolute atomic E-state index is 4.94. The highest BCUT2D eigenvalue weighted by atomic mass is 16.5. The minimum atomic E-state index is 0.688. The Bertz CT molecular complexity index is 238. The molecule has 0 N–H and O–H groups in total. The molecule has 1 aromatic rings. The standard InChI is InChI=1S/C9H14N2O/c1-3-8-4-6-10-9(11-8)5-7-12-2/h4,6H,3,5,7H2,1-2H3. The minimum absolute atomic E-state index is 0.688. The van der Waals surface area contributed by atoms with Gasteiger partial charge in [0.05, 0.1) is 6.61 Å². The van der Waals surface area contributed by atoms with Gasteiger partial charge >= 0.3 is 0 Å². The quantitative estimate of drug-likeness (QED) is 0.674. The Labute approximate surface area is 72.8 Å². The number of aryl methyl sites for hydroxylation is 1. The molecule has 66 valence electrons. The minimum Gasteiger partial charge on any atom is -0.384 e. The van der Waals surface area contributed by atoms with Crippen LogP contribution in [0.2, 0.25) is 0 Å². The van der Waals surface area contributed by atoms with Crippen LogP contribution in [0.5, 0.6) is 0 Å². The fourth-order valence-electron chi connectivity index (χ4n) is 0.952. The molecule has 0 aliphatic carbocycles. The first-order valence-corrected chi connectivity index (χ1v) is 4.16. The van der Waals surface area contributed by atoms with Gasteiger partial charge in [-0.2, -0.15) is 0 Å². The van der Waals surface area contributed by atoms with E-state index in [4.69, 9.17) is 4.74 Å². The Morgan fingerprint density at radius 2 is 2.33 bits per heavy atom. The van der Waals surface area contributed by atoms with E-state index in [1.54, 1.807) is 13.3 Å². The highest BCUT2D eigenvalue weighted by Crippen LogP contribution is 1.97. The van der Waals surface area contributed by atoms with Crippen molar-refractivity contribution < 1.29 is 4.74 Å². The molecular formula is C9H14N2O. The van der Waals surface area contributed by atoms with Crippen molar-refractivity contribution in [3.63, 3.8) is 0 Å². The lowest BCUT2D eigenvalue weighted by Crippen LogP contribution is -2.02. The molecule has 3 heteroatoms. The molecule has 1 heterocycles. The molecule has 0 fully saturated rings. The largest absolute Gasteiger partial charge is 0.384 e. The molecule has 0 unspecified atom stereocenters. The second-order valence-corrected chi connectivity index (χ2v) is 2.56. The molecule has 0 saturated carbocycles. The zero-order valence-electron chi connectivity index (χ0n) is 7.58. The Morgan fingerprint density at radius 3 is 3.00 bits per heavy atom. The van der Waals surface area contributed by atoms with Crippen LogP contribution in [0.4, 0.5) is 0 Å². The summed E-state index contributed by atoms with van der Waals surface area (Å²) in [5.74, 6) is 0.871. The first-order chi connectivity index (χ1) is 5.86.